The molecule has 1 rings (SSSR count). The molecular formula is C13H14O4. The third-order valence-corrected chi connectivity index (χ3v) is 1.99. The molecule has 0 fully saturated rings. The van der Waals surface area contributed by atoms with Gasteiger partial charge < -0.3 is 14.6 Å². The second-order valence-electron chi connectivity index (χ2n) is 3.22. The predicted molar refractivity (Wildman–Crippen MR) is 63.2 cm³/mol. The highest BCUT2D eigenvalue weighted by Crippen LogP contribution is 2.17. The molecule has 1 N–H and O–H groups in total. The smallest absolute Gasteiger partial charge is 0.339 e. The Morgan fingerprint density at radius 1 is 1.29 bits per heavy atom. The molecule has 4 heteroatoms. The Bertz CT molecular complexity index is 406. The number of carboxylic acids is 1. The molecular weight excluding hydrogens is 220 g/mol. The van der Waals surface area contributed by atoms with Crippen molar-refractivity contribution in [2.75, 3.05) is 19.8 Å². The molecule has 0 heterocycles. The van der Waals surface area contributed by atoms with Crippen molar-refractivity contribution in [3.8, 4) is 18.1 Å². The van der Waals surface area contributed by atoms with Crippen molar-refractivity contribution in [1.82, 2.24) is 0 Å². The first-order chi connectivity index (χ1) is 8.25. The van der Waals surface area contributed by atoms with Crippen LogP contribution in [0, 0.1) is 12.3 Å². The molecule has 1 aromatic carbocycles. The standard InChI is InChI=1S/C13H14O4/c1-2-3-8-16-9-10-17-12-7-5-4-6-11(12)13(14)15/h1,4-7H,3,8-10H2,(H,14,15). The van der Waals surface area contributed by atoms with E-state index in [2.05, 4.69) is 5.92 Å². The molecule has 0 spiro atoms. The first-order valence-corrected chi connectivity index (χ1v) is 5.22. The molecule has 0 atom stereocenters. The second kappa shape index (κ2) is 7.31. The minimum Gasteiger partial charge on any atom is -0.490 e. The van der Waals surface area contributed by atoms with Crippen molar-refractivity contribution >= 4 is 5.97 Å². The van der Waals surface area contributed by atoms with Gasteiger partial charge in [-0.2, -0.15) is 0 Å². The zero-order valence-corrected chi connectivity index (χ0v) is 9.39. The topological polar surface area (TPSA) is 55.8 Å². The molecule has 1 aromatic rings. The minimum atomic E-state index is -1.01. The maximum Gasteiger partial charge on any atom is 0.339 e. The maximum absolute atomic E-state index is 10.9. The van der Waals surface area contributed by atoms with Crippen LogP contribution in [0.25, 0.3) is 0 Å². The van der Waals surface area contributed by atoms with Gasteiger partial charge >= 0.3 is 5.97 Å². The van der Waals surface area contributed by atoms with Crippen molar-refractivity contribution < 1.29 is 19.4 Å². The van der Waals surface area contributed by atoms with E-state index in [9.17, 15) is 4.79 Å². The van der Waals surface area contributed by atoms with Crippen molar-refractivity contribution in [1.29, 1.82) is 0 Å². The van der Waals surface area contributed by atoms with E-state index in [0.29, 0.717) is 32.0 Å². The van der Waals surface area contributed by atoms with Gasteiger partial charge in [-0.3, -0.25) is 0 Å². The fraction of sp³-hybridized carbons (Fsp3) is 0.308. The molecule has 0 aliphatic rings. The fourth-order valence-electron chi connectivity index (χ4n) is 1.21. The Hall–Kier alpha value is -1.99. The third-order valence-electron chi connectivity index (χ3n) is 1.99. The van der Waals surface area contributed by atoms with Gasteiger partial charge in [0.05, 0.1) is 13.2 Å². The van der Waals surface area contributed by atoms with E-state index in [1.165, 1.54) is 6.07 Å². The van der Waals surface area contributed by atoms with Gasteiger partial charge in [0.2, 0.25) is 0 Å². The Labute approximate surface area is 100 Å². The van der Waals surface area contributed by atoms with Crippen LogP contribution in [0.1, 0.15) is 16.8 Å². The van der Waals surface area contributed by atoms with Crippen LogP contribution in [0.5, 0.6) is 5.75 Å². The molecule has 0 unspecified atom stereocenters. The van der Waals surface area contributed by atoms with Crippen molar-refractivity contribution in [3.63, 3.8) is 0 Å². The Kier molecular flexibility index (Phi) is 5.62. The van der Waals surface area contributed by atoms with E-state index in [1.54, 1.807) is 18.2 Å². The summed E-state index contributed by atoms with van der Waals surface area (Å²) in [5.74, 6) is 1.80. The molecule has 0 aromatic heterocycles. The Balaban J connectivity index is 2.37. The van der Waals surface area contributed by atoms with E-state index >= 15 is 0 Å². The van der Waals surface area contributed by atoms with Gasteiger partial charge in [0.25, 0.3) is 0 Å². The lowest BCUT2D eigenvalue weighted by atomic mass is 10.2. The number of carbonyl (C=O) groups is 1. The molecule has 0 aliphatic carbocycles. The molecule has 4 nitrogen and oxygen atoms in total. The van der Waals surface area contributed by atoms with Crippen LogP contribution >= 0.6 is 0 Å². The molecule has 0 amide bonds. The molecule has 0 aliphatic heterocycles. The molecule has 0 radical (unpaired) electrons. The lowest BCUT2D eigenvalue weighted by molar-refractivity contribution is 0.0686. The summed E-state index contributed by atoms with van der Waals surface area (Å²) in [6.45, 7) is 1.17. The van der Waals surface area contributed by atoms with Gasteiger partial charge in [0.15, 0.2) is 0 Å². The number of rotatable bonds is 7. The van der Waals surface area contributed by atoms with Gasteiger partial charge in [-0.05, 0) is 12.1 Å². The number of ether oxygens (including phenoxy) is 2. The highest BCUT2D eigenvalue weighted by atomic mass is 16.5. The van der Waals surface area contributed by atoms with Gasteiger partial charge in [0.1, 0.15) is 17.9 Å². The lowest BCUT2D eigenvalue weighted by Gasteiger charge is -2.08. The fourth-order valence-corrected chi connectivity index (χ4v) is 1.21. The van der Waals surface area contributed by atoms with Crippen LogP contribution < -0.4 is 4.74 Å². The van der Waals surface area contributed by atoms with E-state index in [1.807, 2.05) is 0 Å². The number of hydrogen-bond donors (Lipinski definition) is 1. The molecule has 0 saturated carbocycles. The normalized spacial score (nSPS) is 9.59. The minimum absolute atomic E-state index is 0.149. The Morgan fingerprint density at radius 3 is 2.76 bits per heavy atom. The third kappa shape index (κ3) is 4.58. The van der Waals surface area contributed by atoms with Gasteiger partial charge in [-0.1, -0.05) is 12.1 Å². The first-order valence-electron chi connectivity index (χ1n) is 5.22. The quantitative estimate of drug-likeness (QED) is 0.577. The summed E-state index contributed by atoms with van der Waals surface area (Å²) in [7, 11) is 0. The lowest BCUT2D eigenvalue weighted by Crippen LogP contribution is -2.09. The summed E-state index contributed by atoms with van der Waals surface area (Å²) in [4.78, 5) is 10.9. The average molecular weight is 234 g/mol. The summed E-state index contributed by atoms with van der Waals surface area (Å²) < 4.78 is 10.5. The van der Waals surface area contributed by atoms with E-state index < -0.39 is 5.97 Å². The highest BCUT2D eigenvalue weighted by Gasteiger charge is 2.09. The number of carboxylic acid groups (broad SMARTS) is 1. The Morgan fingerprint density at radius 2 is 2.06 bits per heavy atom. The monoisotopic (exact) mass is 234 g/mol. The summed E-state index contributed by atoms with van der Waals surface area (Å²) in [5.41, 5.74) is 0.149. The van der Waals surface area contributed by atoms with Gasteiger partial charge in [-0.25, -0.2) is 4.79 Å². The zero-order chi connectivity index (χ0) is 12.5. The van der Waals surface area contributed by atoms with Crippen molar-refractivity contribution in [2.45, 2.75) is 6.42 Å². The largest absolute Gasteiger partial charge is 0.490 e. The molecule has 90 valence electrons. The summed E-state index contributed by atoms with van der Waals surface area (Å²) in [6.07, 6.45) is 5.62. The van der Waals surface area contributed by atoms with Gasteiger partial charge in [0, 0.05) is 6.42 Å². The molecule has 17 heavy (non-hydrogen) atoms. The van der Waals surface area contributed by atoms with E-state index in [4.69, 9.17) is 21.0 Å². The average Bonchev–Trinajstić information content (AvgIpc) is 2.34. The van der Waals surface area contributed by atoms with Crippen LogP contribution in [0.15, 0.2) is 24.3 Å². The summed E-state index contributed by atoms with van der Waals surface area (Å²) in [5, 5.41) is 8.90. The van der Waals surface area contributed by atoms with Crippen LogP contribution in [0.2, 0.25) is 0 Å². The van der Waals surface area contributed by atoms with Crippen molar-refractivity contribution in [3.05, 3.63) is 29.8 Å². The number of hydrogen-bond acceptors (Lipinski definition) is 3. The highest BCUT2D eigenvalue weighted by molar-refractivity contribution is 5.90. The summed E-state index contributed by atoms with van der Waals surface area (Å²) >= 11 is 0. The second-order valence-corrected chi connectivity index (χ2v) is 3.22. The van der Waals surface area contributed by atoms with E-state index in [-0.39, 0.29) is 5.56 Å². The molecule has 0 saturated heterocycles. The van der Waals surface area contributed by atoms with Crippen molar-refractivity contribution in [2.24, 2.45) is 0 Å². The first kappa shape index (κ1) is 13.1. The SMILES string of the molecule is C#CCCOCCOc1ccccc1C(=O)O. The number of para-hydroxylation sites is 1. The van der Waals surface area contributed by atoms with Crippen LogP contribution in [-0.2, 0) is 4.74 Å². The molecule has 0 bridgehead atoms. The van der Waals surface area contributed by atoms with Crippen LogP contribution in [0.3, 0.4) is 0 Å². The number of aromatic carboxylic acids is 1. The van der Waals surface area contributed by atoms with Crippen LogP contribution in [-0.4, -0.2) is 30.9 Å². The predicted octanol–water partition coefficient (Wildman–Crippen LogP) is 1.80. The summed E-state index contributed by atoms with van der Waals surface area (Å²) in [6, 6.07) is 6.49. The maximum atomic E-state index is 10.9. The zero-order valence-electron chi connectivity index (χ0n) is 9.39. The van der Waals surface area contributed by atoms with E-state index in [0.717, 1.165) is 0 Å². The number of benzene rings is 1. The van der Waals surface area contributed by atoms with Crippen LogP contribution in [0.4, 0.5) is 0 Å². The number of terminal acetylenes is 1. The van der Waals surface area contributed by atoms with Gasteiger partial charge in [-0.15, -0.1) is 12.3 Å².